The molecule has 0 spiro atoms. The molecule has 1 aliphatic rings. The number of aryl methyl sites for hydroxylation is 2. The van der Waals surface area contributed by atoms with Crippen molar-refractivity contribution >= 4 is 29.3 Å². The fourth-order valence-corrected chi connectivity index (χ4v) is 2.46. The number of nitrogens with one attached hydrogen (secondary N) is 2. The van der Waals surface area contributed by atoms with Crippen LogP contribution in [0, 0.1) is 19.8 Å². The molecule has 0 aliphatic carbocycles. The van der Waals surface area contributed by atoms with Crippen LogP contribution in [0.5, 0.6) is 0 Å². The van der Waals surface area contributed by atoms with E-state index in [0.29, 0.717) is 12.3 Å². The average molecular weight is 309 g/mol. The topological polar surface area (TPSA) is 54.3 Å². The van der Waals surface area contributed by atoms with E-state index in [1.54, 1.807) is 6.26 Å². The number of benzene rings is 1. The first-order valence-corrected chi connectivity index (χ1v) is 7.08. The van der Waals surface area contributed by atoms with Gasteiger partial charge < -0.3 is 15.1 Å². The third-order valence-electron chi connectivity index (χ3n) is 4.07. The normalized spacial score (nSPS) is 14.6. The minimum atomic E-state index is 0. The Kier molecular flexibility index (Phi) is 4.91. The van der Waals surface area contributed by atoms with Gasteiger partial charge in [-0.1, -0.05) is 0 Å². The molecule has 0 unspecified atom stereocenters. The first-order valence-electron chi connectivity index (χ1n) is 7.08. The largest absolute Gasteiger partial charge is 0.464 e. The molecule has 1 amide bonds. The van der Waals surface area contributed by atoms with E-state index in [-0.39, 0.29) is 18.3 Å². The molecule has 114 valence electrons. The van der Waals surface area contributed by atoms with Crippen molar-refractivity contribution in [2.24, 2.45) is 5.92 Å². The molecule has 0 saturated carbocycles. The van der Waals surface area contributed by atoms with Crippen LogP contribution in [0.15, 0.2) is 22.8 Å². The van der Waals surface area contributed by atoms with Gasteiger partial charge in [0.05, 0.1) is 12.7 Å². The van der Waals surface area contributed by atoms with Gasteiger partial charge in [-0.15, -0.1) is 12.4 Å². The van der Waals surface area contributed by atoms with E-state index in [0.717, 1.165) is 36.2 Å². The van der Waals surface area contributed by atoms with Gasteiger partial charge in [0.1, 0.15) is 5.58 Å². The molecule has 21 heavy (non-hydrogen) atoms. The molecule has 1 aromatic carbocycles. The second-order valence-corrected chi connectivity index (χ2v) is 5.70. The third-order valence-corrected chi connectivity index (χ3v) is 4.07. The van der Waals surface area contributed by atoms with Crippen molar-refractivity contribution in [1.82, 2.24) is 10.6 Å². The molecular weight excluding hydrogens is 288 g/mol. The summed E-state index contributed by atoms with van der Waals surface area (Å²) in [5, 5.41) is 7.24. The van der Waals surface area contributed by atoms with Crippen LogP contribution >= 0.6 is 12.4 Å². The molecule has 1 aliphatic heterocycles. The van der Waals surface area contributed by atoms with Crippen LogP contribution in [0.2, 0.25) is 0 Å². The molecule has 0 atom stereocenters. The van der Waals surface area contributed by atoms with Gasteiger partial charge in [0.25, 0.3) is 0 Å². The fourth-order valence-electron chi connectivity index (χ4n) is 2.46. The lowest BCUT2D eigenvalue weighted by Gasteiger charge is -2.27. The SMILES string of the molecule is Cc1cc2occ(CC(=O)NCC3CNC3)c2cc1C.Cl. The maximum Gasteiger partial charge on any atom is 0.224 e. The molecule has 4 nitrogen and oxygen atoms in total. The molecular formula is C16H21ClN2O2. The van der Waals surface area contributed by atoms with Crippen molar-refractivity contribution in [3.8, 4) is 0 Å². The zero-order valence-corrected chi connectivity index (χ0v) is 13.2. The summed E-state index contributed by atoms with van der Waals surface area (Å²) in [7, 11) is 0. The summed E-state index contributed by atoms with van der Waals surface area (Å²) in [6.07, 6.45) is 2.09. The summed E-state index contributed by atoms with van der Waals surface area (Å²) in [4.78, 5) is 12.0. The van der Waals surface area contributed by atoms with Gasteiger partial charge in [-0.2, -0.15) is 0 Å². The maximum absolute atomic E-state index is 12.0. The summed E-state index contributed by atoms with van der Waals surface area (Å²) in [5.74, 6) is 0.655. The summed E-state index contributed by atoms with van der Waals surface area (Å²) >= 11 is 0. The number of hydrogen-bond donors (Lipinski definition) is 2. The number of furan rings is 1. The number of carbonyl (C=O) groups excluding carboxylic acids is 1. The predicted molar refractivity (Wildman–Crippen MR) is 86.0 cm³/mol. The smallest absolute Gasteiger partial charge is 0.224 e. The van der Waals surface area contributed by atoms with Gasteiger partial charge in [0.15, 0.2) is 0 Å². The van der Waals surface area contributed by atoms with E-state index in [4.69, 9.17) is 4.42 Å². The minimum absolute atomic E-state index is 0. The minimum Gasteiger partial charge on any atom is -0.464 e. The number of rotatable bonds is 4. The Morgan fingerprint density at radius 1 is 1.33 bits per heavy atom. The van der Waals surface area contributed by atoms with Crippen LogP contribution in [0.4, 0.5) is 0 Å². The highest BCUT2D eigenvalue weighted by molar-refractivity contribution is 5.88. The van der Waals surface area contributed by atoms with Gasteiger partial charge in [-0.3, -0.25) is 4.79 Å². The first kappa shape index (κ1) is 15.9. The van der Waals surface area contributed by atoms with Crippen molar-refractivity contribution in [3.63, 3.8) is 0 Å². The molecule has 2 N–H and O–H groups in total. The van der Waals surface area contributed by atoms with Crippen LogP contribution in [-0.4, -0.2) is 25.5 Å². The van der Waals surface area contributed by atoms with E-state index in [2.05, 4.69) is 30.5 Å². The van der Waals surface area contributed by atoms with Gasteiger partial charge >= 0.3 is 0 Å². The predicted octanol–water partition coefficient (Wildman–Crippen LogP) is 2.35. The first-order chi connectivity index (χ1) is 9.63. The number of fused-ring (bicyclic) bond motifs is 1. The number of carbonyl (C=O) groups is 1. The Morgan fingerprint density at radius 3 is 2.71 bits per heavy atom. The molecule has 2 heterocycles. The van der Waals surface area contributed by atoms with E-state index < -0.39 is 0 Å². The van der Waals surface area contributed by atoms with E-state index in [1.807, 2.05) is 6.07 Å². The summed E-state index contributed by atoms with van der Waals surface area (Å²) in [5.41, 5.74) is 4.26. The molecule has 1 saturated heterocycles. The second-order valence-electron chi connectivity index (χ2n) is 5.70. The highest BCUT2D eigenvalue weighted by Crippen LogP contribution is 2.25. The molecule has 2 aromatic rings. The van der Waals surface area contributed by atoms with E-state index >= 15 is 0 Å². The van der Waals surface area contributed by atoms with Crippen LogP contribution in [-0.2, 0) is 11.2 Å². The Labute approximate surface area is 130 Å². The summed E-state index contributed by atoms with van der Waals surface area (Å²) < 4.78 is 5.55. The Morgan fingerprint density at radius 2 is 2.05 bits per heavy atom. The van der Waals surface area contributed by atoms with Gasteiger partial charge in [0, 0.05) is 36.5 Å². The van der Waals surface area contributed by atoms with Crippen molar-refractivity contribution < 1.29 is 9.21 Å². The monoisotopic (exact) mass is 308 g/mol. The Balaban J connectivity index is 0.00000161. The molecule has 1 aromatic heterocycles. The lowest BCUT2D eigenvalue weighted by atomic mass is 10.0. The van der Waals surface area contributed by atoms with Crippen LogP contribution in [0.3, 0.4) is 0 Å². The van der Waals surface area contributed by atoms with Gasteiger partial charge in [-0.25, -0.2) is 0 Å². The molecule has 0 bridgehead atoms. The third kappa shape index (κ3) is 3.39. The zero-order chi connectivity index (χ0) is 14.1. The average Bonchev–Trinajstić information content (AvgIpc) is 2.71. The second kappa shape index (κ2) is 6.50. The lowest BCUT2D eigenvalue weighted by molar-refractivity contribution is -0.120. The number of amides is 1. The quantitative estimate of drug-likeness (QED) is 0.911. The summed E-state index contributed by atoms with van der Waals surface area (Å²) in [6.45, 7) is 6.92. The van der Waals surface area contributed by atoms with Crippen LogP contribution in [0.25, 0.3) is 11.0 Å². The van der Waals surface area contributed by atoms with Crippen LogP contribution < -0.4 is 10.6 Å². The van der Waals surface area contributed by atoms with Crippen molar-refractivity contribution in [2.45, 2.75) is 20.3 Å². The van der Waals surface area contributed by atoms with E-state index in [9.17, 15) is 4.79 Å². The van der Waals surface area contributed by atoms with Gasteiger partial charge in [-0.05, 0) is 37.1 Å². The lowest BCUT2D eigenvalue weighted by Crippen LogP contribution is -2.48. The van der Waals surface area contributed by atoms with Crippen molar-refractivity contribution in [1.29, 1.82) is 0 Å². The highest BCUT2D eigenvalue weighted by Gasteiger charge is 2.18. The highest BCUT2D eigenvalue weighted by atomic mass is 35.5. The summed E-state index contributed by atoms with van der Waals surface area (Å²) in [6, 6.07) is 4.14. The maximum atomic E-state index is 12.0. The fraction of sp³-hybridized carbons (Fsp3) is 0.438. The molecule has 3 rings (SSSR count). The number of hydrogen-bond acceptors (Lipinski definition) is 3. The molecule has 5 heteroatoms. The molecule has 0 radical (unpaired) electrons. The Hall–Kier alpha value is -1.52. The van der Waals surface area contributed by atoms with Gasteiger partial charge in [0.2, 0.25) is 5.91 Å². The Bertz CT molecular complexity index is 647. The standard InChI is InChI=1S/C16H20N2O2.ClH/c1-10-3-14-13(9-20-15(14)4-11(10)2)5-16(19)18-8-12-6-17-7-12;/h3-4,9,12,17H,5-8H2,1-2H3,(H,18,19);1H. The zero-order valence-electron chi connectivity index (χ0n) is 12.4. The van der Waals surface area contributed by atoms with Crippen molar-refractivity contribution in [2.75, 3.05) is 19.6 Å². The van der Waals surface area contributed by atoms with E-state index in [1.165, 1.54) is 11.1 Å². The number of halogens is 1. The van der Waals surface area contributed by atoms with Crippen LogP contribution in [0.1, 0.15) is 16.7 Å². The van der Waals surface area contributed by atoms with Crippen molar-refractivity contribution in [3.05, 3.63) is 35.1 Å². The molecule has 1 fully saturated rings.